The van der Waals surface area contributed by atoms with Gasteiger partial charge in [-0.25, -0.2) is 4.98 Å². The lowest BCUT2D eigenvalue weighted by atomic mass is 10.2. The molecule has 0 aliphatic carbocycles. The molecule has 13 heavy (non-hydrogen) atoms. The summed E-state index contributed by atoms with van der Waals surface area (Å²) in [6.45, 7) is 1.05. The van der Waals surface area contributed by atoms with Gasteiger partial charge in [-0.15, -0.1) is 17.0 Å². The molecular weight excluding hydrogens is 234 g/mol. The van der Waals surface area contributed by atoms with E-state index in [4.69, 9.17) is 0 Å². The molecule has 1 aromatic heterocycles. The lowest BCUT2D eigenvalue weighted by Gasteiger charge is -2.02. The lowest BCUT2D eigenvalue weighted by Crippen LogP contribution is -2.23. The number of halogens is 1. The number of pyridine rings is 1. The molecule has 0 unspecified atom stereocenters. The Morgan fingerprint density at radius 2 is 2.23 bits per heavy atom. The zero-order valence-corrected chi connectivity index (χ0v) is 8.62. The van der Waals surface area contributed by atoms with Gasteiger partial charge in [-0.1, -0.05) is 6.07 Å². The first-order valence-corrected chi connectivity index (χ1v) is 3.81. The van der Waals surface area contributed by atoms with Crippen molar-refractivity contribution in [2.75, 3.05) is 11.9 Å². The molecule has 0 bridgehead atoms. The van der Waals surface area contributed by atoms with Crippen LogP contribution in [0.1, 0.15) is 5.56 Å². The molecule has 4 nitrogen and oxygen atoms in total. The molecule has 0 aromatic carbocycles. The third-order valence-corrected chi connectivity index (χ3v) is 1.75. The number of aromatic nitrogens is 1. The van der Waals surface area contributed by atoms with E-state index in [1.165, 1.54) is 0 Å². The van der Waals surface area contributed by atoms with Crippen molar-refractivity contribution in [3.05, 3.63) is 23.9 Å². The maximum Gasteiger partial charge on any atom is 0.239 e. The van der Waals surface area contributed by atoms with Crippen LogP contribution in [-0.2, 0) is 11.3 Å². The predicted molar refractivity (Wildman–Crippen MR) is 54.9 cm³/mol. The molecule has 2 heterocycles. The molecule has 1 aliphatic heterocycles. The fraction of sp³-hybridized carbons (Fsp3) is 0.250. The smallest absolute Gasteiger partial charge is 0.239 e. The molecular formula is C8H10BrN3O. The second-order valence-corrected chi connectivity index (χ2v) is 2.66. The fourth-order valence-electron chi connectivity index (χ4n) is 1.18. The molecule has 0 radical (unpaired) electrons. The van der Waals surface area contributed by atoms with Crippen LogP contribution in [0.15, 0.2) is 18.3 Å². The number of nitrogens with zero attached hydrogens (tertiary/aromatic N) is 1. The molecule has 70 valence electrons. The summed E-state index contributed by atoms with van der Waals surface area (Å²) in [5, 5.41) is 5.71. The van der Waals surface area contributed by atoms with Gasteiger partial charge in [0, 0.05) is 18.3 Å². The molecule has 0 saturated carbocycles. The molecule has 5 heteroatoms. The van der Waals surface area contributed by atoms with Gasteiger partial charge in [0.25, 0.3) is 0 Å². The van der Waals surface area contributed by atoms with Crippen molar-refractivity contribution in [2.45, 2.75) is 6.54 Å². The lowest BCUT2D eigenvalue weighted by molar-refractivity contribution is -0.115. The van der Waals surface area contributed by atoms with Crippen LogP contribution in [0.25, 0.3) is 0 Å². The van der Waals surface area contributed by atoms with Crippen LogP contribution in [0.2, 0.25) is 0 Å². The Kier molecular flexibility index (Phi) is 3.39. The normalized spacial score (nSPS) is 14.9. The highest BCUT2D eigenvalue weighted by Crippen LogP contribution is 2.12. The number of nitrogens with one attached hydrogen (secondary N) is 2. The fourth-order valence-corrected chi connectivity index (χ4v) is 1.18. The van der Waals surface area contributed by atoms with Crippen molar-refractivity contribution in [3.63, 3.8) is 0 Å². The van der Waals surface area contributed by atoms with Crippen molar-refractivity contribution in [1.29, 1.82) is 0 Å². The maximum absolute atomic E-state index is 11.0. The number of hydrogen-bond acceptors (Lipinski definition) is 3. The molecule has 0 saturated heterocycles. The molecule has 0 atom stereocenters. The first kappa shape index (κ1) is 10.1. The van der Waals surface area contributed by atoms with E-state index >= 15 is 0 Å². The molecule has 2 N–H and O–H groups in total. The Balaban J connectivity index is 0.000000845. The predicted octanol–water partition coefficient (Wildman–Crippen LogP) is 0.701. The summed E-state index contributed by atoms with van der Waals surface area (Å²) >= 11 is 0. The van der Waals surface area contributed by atoms with Gasteiger partial charge in [-0.05, 0) is 6.07 Å². The summed E-state index contributed by atoms with van der Waals surface area (Å²) in [6, 6.07) is 3.80. The van der Waals surface area contributed by atoms with Gasteiger partial charge < -0.3 is 10.6 Å². The van der Waals surface area contributed by atoms with Gasteiger partial charge in [-0.2, -0.15) is 0 Å². The SMILES string of the molecule is Br.O=C1CNCc2cccnc2N1. The van der Waals surface area contributed by atoms with Crippen molar-refractivity contribution in [2.24, 2.45) is 0 Å². The summed E-state index contributed by atoms with van der Waals surface area (Å²) in [6.07, 6.45) is 1.67. The van der Waals surface area contributed by atoms with Crippen LogP contribution in [0.5, 0.6) is 0 Å². The Bertz CT molecular complexity index is 316. The van der Waals surface area contributed by atoms with Gasteiger partial charge in [-0.3, -0.25) is 4.79 Å². The highest BCUT2D eigenvalue weighted by molar-refractivity contribution is 8.93. The maximum atomic E-state index is 11.0. The Morgan fingerprint density at radius 3 is 3.08 bits per heavy atom. The summed E-state index contributed by atoms with van der Waals surface area (Å²) < 4.78 is 0. The van der Waals surface area contributed by atoms with E-state index in [9.17, 15) is 4.79 Å². The van der Waals surface area contributed by atoms with Crippen LogP contribution >= 0.6 is 17.0 Å². The third kappa shape index (κ3) is 2.26. The molecule has 1 aromatic rings. The monoisotopic (exact) mass is 243 g/mol. The van der Waals surface area contributed by atoms with Gasteiger partial charge in [0.2, 0.25) is 5.91 Å². The van der Waals surface area contributed by atoms with Crippen LogP contribution in [0, 0.1) is 0 Å². The van der Waals surface area contributed by atoms with E-state index in [2.05, 4.69) is 15.6 Å². The Morgan fingerprint density at radius 1 is 1.38 bits per heavy atom. The standard InChI is InChI=1S/C8H9N3O.BrH/c12-7-5-9-4-6-2-1-3-10-8(6)11-7;/h1-3,9H,4-5H2,(H,10,11,12);1H. The van der Waals surface area contributed by atoms with Crippen molar-refractivity contribution in [1.82, 2.24) is 10.3 Å². The Hall–Kier alpha value is -0.940. The highest BCUT2D eigenvalue weighted by atomic mass is 79.9. The van der Waals surface area contributed by atoms with Crippen molar-refractivity contribution in [3.8, 4) is 0 Å². The van der Waals surface area contributed by atoms with Crippen LogP contribution in [0.3, 0.4) is 0 Å². The third-order valence-electron chi connectivity index (χ3n) is 1.75. The second-order valence-electron chi connectivity index (χ2n) is 2.66. The largest absolute Gasteiger partial charge is 0.309 e. The van der Waals surface area contributed by atoms with Gasteiger partial charge in [0.05, 0.1) is 6.54 Å². The molecule has 0 spiro atoms. The minimum absolute atomic E-state index is 0. The van der Waals surface area contributed by atoms with E-state index in [0.717, 1.165) is 5.56 Å². The average molecular weight is 244 g/mol. The number of carbonyl (C=O) groups excluding carboxylic acids is 1. The molecule has 2 rings (SSSR count). The van der Waals surface area contributed by atoms with Gasteiger partial charge in [0.15, 0.2) is 0 Å². The zero-order valence-electron chi connectivity index (χ0n) is 6.91. The first-order chi connectivity index (χ1) is 5.86. The number of rotatable bonds is 0. The van der Waals surface area contributed by atoms with Crippen molar-refractivity contribution >= 4 is 28.7 Å². The van der Waals surface area contributed by atoms with Crippen LogP contribution < -0.4 is 10.6 Å². The Labute approximate surface area is 86.5 Å². The first-order valence-electron chi connectivity index (χ1n) is 3.81. The minimum atomic E-state index is -0.0348. The molecule has 1 amide bonds. The number of fused-ring (bicyclic) bond motifs is 1. The number of amides is 1. The second kappa shape index (κ2) is 4.34. The van der Waals surface area contributed by atoms with E-state index < -0.39 is 0 Å². The van der Waals surface area contributed by atoms with E-state index in [-0.39, 0.29) is 22.9 Å². The number of hydrogen-bond donors (Lipinski definition) is 2. The minimum Gasteiger partial charge on any atom is -0.309 e. The van der Waals surface area contributed by atoms with Gasteiger partial charge in [0.1, 0.15) is 5.82 Å². The summed E-state index contributed by atoms with van der Waals surface area (Å²) in [7, 11) is 0. The van der Waals surface area contributed by atoms with E-state index in [1.54, 1.807) is 6.20 Å². The topological polar surface area (TPSA) is 54.0 Å². The molecule has 1 aliphatic rings. The summed E-state index contributed by atoms with van der Waals surface area (Å²) in [4.78, 5) is 15.1. The average Bonchev–Trinajstić information content (AvgIpc) is 2.25. The van der Waals surface area contributed by atoms with Gasteiger partial charge >= 0.3 is 0 Å². The number of anilines is 1. The van der Waals surface area contributed by atoms with Crippen molar-refractivity contribution < 1.29 is 4.79 Å². The summed E-state index contributed by atoms with van der Waals surface area (Å²) in [5.74, 6) is 0.639. The van der Waals surface area contributed by atoms with E-state index in [0.29, 0.717) is 18.9 Å². The zero-order chi connectivity index (χ0) is 8.39. The molecule has 0 fully saturated rings. The quantitative estimate of drug-likeness (QED) is 0.706. The van der Waals surface area contributed by atoms with Crippen LogP contribution in [0.4, 0.5) is 5.82 Å². The number of carbonyl (C=O) groups is 1. The highest BCUT2D eigenvalue weighted by Gasteiger charge is 2.11. The van der Waals surface area contributed by atoms with E-state index in [1.807, 2.05) is 12.1 Å². The van der Waals surface area contributed by atoms with Crippen LogP contribution in [-0.4, -0.2) is 17.4 Å². The summed E-state index contributed by atoms with van der Waals surface area (Å²) in [5.41, 5.74) is 1.03.